The molecule has 0 saturated carbocycles. The van der Waals surface area contributed by atoms with Crippen LogP contribution in [0.15, 0.2) is 0 Å². The number of carboxylic acid groups (broad SMARTS) is 1. The maximum atomic E-state index is 12.9. The molecule has 8 heteroatoms. The lowest BCUT2D eigenvalue weighted by Crippen LogP contribution is -2.34. The standard InChI is InChI=1S/C22H38O7Si/c1-13(18(23)24)9-16(20(26)29-22(3,4)5)10-15(12-30(6,7)8)11-17-14(2)19(25)28-21(17)27/h13-17H,9-12H2,1-8H3,(H,23,24). The average Bonchev–Trinajstić information content (AvgIpc) is 2.77. The SMILES string of the molecule is CC(CC(CC(CC1C(=O)OC(=O)C1C)C[Si](C)(C)C)C(=O)OC(C)(C)C)C(=O)O. The van der Waals surface area contributed by atoms with E-state index < -0.39 is 61.2 Å². The van der Waals surface area contributed by atoms with Gasteiger partial charge in [0, 0.05) is 8.07 Å². The molecule has 0 amide bonds. The molecule has 0 aromatic heterocycles. The minimum Gasteiger partial charge on any atom is -0.481 e. The molecule has 30 heavy (non-hydrogen) atoms. The van der Waals surface area contributed by atoms with Gasteiger partial charge in [-0.15, -0.1) is 0 Å². The first-order valence-electron chi connectivity index (χ1n) is 10.7. The molecule has 172 valence electrons. The zero-order chi connectivity index (χ0) is 23.4. The van der Waals surface area contributed by atoms with Crippen LogP contribution in [0.5, 0.6) is 0 Å². The second kappa shape index (κ2) is 10.1. The van der Waals surface area contributed by atoms with Gasteiger partial charge >= 0.3 is 23.9 Å². The van der Waals surface area contributed by atoms with E-state index in [1.54, 1.807) is 34.6 Å². The lowest BCUT2D eigenvalue weighted by Gasteiger charge is -2.31. The summed E-state index contributed by atoms with van der Waals surface area (Å²) in [6.07, 6.45) is 1.06. The predicted molar refractivity (Wildman–Crippen MR) is 115 cm³/mol. The highest BCUT2D eigenvalue weighted by Crippen LogP contribution is 2.37. The summed E-state index contributed by atoms with van der Waals surface area (Å²) in [5, 5.41) is 9.35. The Morgan fingerprint density at radius 3 is 2.10 bits per heavy atom. The topological polar surface area (TPSA) is 107 Å². The van der Waals surface area contributed by atoms with E-state index in [1.807, 2.05) is 0 Å². The van der Waals surface area contributed by atoms with E-state index in [9.17, 15) is 24.3 Å². The van der Waals surface area contributed by atoms with Crippen LogP contribution in [-0.4, -0.2) is 42.7 Å². The second-order valence-electron chi connectivity index (χ2n) is 10.9. The average molecular weight is 443 g/mol. The van der Waals surface area contributed by atoms with Gasteiger partial charge < -0.3 is 14.6 Å². The number of ether oxygens (including phenoxy) is 2. The Morgan fingerprint density at radius 2 is 1.70 bits per heavy atom. The van der Waals surface area contributed by atoms with E-state index in [-0.39, 0.29) is 12.3 Å². The third-order valence-corrected chi connectivity index (χ3v) is 7.19. The molecule has 1 aliphatic heterocycles. The molecule has 1 fully saturated rings. The van der Waals surface area contributed by atoms with Gasteiger partial charge in [-0.3, -0.25) is 19.2 Å². The first kappa shape index (κ1) is 26.3. The number of carbonyl (C=O) groups excluding carboxylic acids is 3. The van der Waals surface area contributed by atoms with Crippen molar-refractivity contribution in [2.75, 3.05) is 0 Å². The van der Waals surface area contributed by atoms with Gasteiger partial charge in [-0.1, -0.05) is 39.5 Å². The van der Waals surface area contributed by atoms with Crippen molar-refractivity contribution >= 4 is 32.0 Å². The molecule has 1 rings (SSSR count). The molecule has 1 saturated heterocycles. The number of hydrogen-bond donors (Lipinski definition) is 1. The summed E-state index contributed by atoms with van der Waals surface area (Å²) >= 11 is 0. The van der Waals surface area contributed by atoms with Crippen LogP contribution in [0.1, 0.15) is 53.9 Å². The summed E-state index contributed by atoms with van der Waals surface area (Å²) in [5.74, 6) is -4.65. The fourth-order valence-electron chi connectivity index (χ4n) is 4.03. The molecular formula is C22H38O7Si. The van der Waals surface area contributed by atoms with Crippen molar-refractivity contribution in [2.24, 2.45) is 29.6 Å². The minimum absolute atomic E-state index is 0.001000. The summed E-state index contributed by atoms with van der Waals surface area (Å²) in [7, 11) is -1.57. The number of aliphatic carboxylic acids is 1. The molecule has 7 nitrogen and oxygen atoms in total. The van der Waals surface area contributed by atoms with Gasteiger partial charge in [0.25, 0.3) is 0 Å². The number of esters is 3. The zero-order valence-corrected chi connectivity index (χ0v) is 20.6. The first-order chi connectivity index (χ1) is 13.5. The van der Waals surface area contributed by atoms with Crippen molar-refractivity contribution in [1.82, 2.24) is 0 Å². The Bertz CT molecular complexity index is 659. The fourth-order valence-corrected chi connectivity index (χ4v) is 6.09. The van der Waals surface area contributed by atoms with Gasteiger partial charge in [0.05, 0.1) is 23.7 Å². The molecule has 5 atom stereocenters. The quantitative estimate of drug-likeness (QED) is 0.308. The van der Waals surface area contributed by atoms with E-state index in [2.05, 4.69) is 19.6 Å². The summed E-state index contributed by atoms with van der Waals surface area (Å²) in [5.41, 5.74) is -0.674. The minimum atomic E-state index is -1.57. The van der Waals surface area contributed by atoms with Gasteiger partial charge in [-0.2, -0.15) is 0 Å². The Kier molecular flexibility index (Phi) is 8.84. The normalized spacial score (nSPS) is 22.9. The van der Waals surface area contributed by atoms with Gasteiger partial charge in [-0.05, 0) is 46.0 Å². The van der Waals surface area contributed by atoms with Crippen molar-refractivity contribution in [3.05, 3.63) is 0 Å². The Morgan fingerprint density at radius 1 is 1.13 bits per heavy atom. The number of carboxylic acids is 1. The van der Waals surface area contributed by atoms with Crippen molar-refractivity contribution in [3.63, 3.8) is 0 Å². The highest BCUT2D eigenvalue weighted by molar-refractivity contribution is 6.76. The van der Waals surface area contributed by atoms with E-state index >= 15 is 0 Å². The lowest BCUT2D eigenvalue weighted by atomic mass is 9.81. The third-order valence-electron chi connectivity index (χ3n) is 5.39. The molecule has 0 spiro atoms. The fraction of sp³-hybridized carbons (Fsp3) is 0.818. The predicted octanol–water partition coefficient (Wildman–Crippen LogP) is 4.13. The number of cyclic esters (lactones) is 2. The molecule has 0 radical (unpaired) electrons. The Hall–Kier alpha value is -1.70. The van der Waals surface area contributed by atoms with Crippen LogP contribution < -0.4 is 0 Å². The van der Waals surface area contributed by atoms with Crippen LogP contribution in [0, 0.1) is 29.6 Å². The van der Waals surface area contributed by atoms with Crippen LogP contribution >= 0.6 is 0 Å². The van der Waals surface area contributed by atoms with Gasteiger partial charge in [-0.25, -0.2) is 0 Å². The number of hydrogen-bond acceptors (Lipinski definition) is 6. The maximum absolute atomic E-state index is 12.9. The van der Waals surface area contributed by atoms with Gasteiger partial charge in [0.15, 0.2) is 0 Å². The zero-order valence-electron chi connectivity index (χ0n) is 19.6. The first-order valence-corrected chi connectivity index (χ1v) is 14.4. The van der Waals surface area contributed by atoms with Crippen LogP contribution in [0.4, 0.5) is 0 Å². The summed E-state index contributed by atoms with van der Waals surface area (Å²) in [6.45, 7) is 15.3. The van der Waals surface area contributed by atoms with Crippen molar-refractivity contribution < 1.29 is 33.8 Å². The van der Waals surface area contributed by atoms with Crippen LogP contribution in [0.25, 0.3) is 0 Å². The van der Waals surface area contributed by atoms with E-state index in [0.29, 0.717) is 12.8 Å². The van der Waals surface area contributed by atoms with Crippen molar-refractivity contribution in [2.45, 2.75) is 85.2 Å². The van der Waals surface area contributed by atoms with E-state index in [0.717, 1.165) is 6.04 Å². The molecule has 1 heterocycles. The molecule has 0 bridgehead atoms. The van der Waals surface area contributed by atoms with Gasteiger partial charge in [0.2, 0.25) is 0 Å². The summed E-state index contributed by atoms with van der Waals surface area (Å²) in [4.78, 5) is 48.3. The van der Waals surface area contributed by atoms with Gasteiger partial charge in [0.1, 0.15) is 5.60 Å². The molecule has 5 unspecified atom stereocenters. The molecule has 0 aliphatic carbocycles. The smallest absolute Gasteiger partial charge is 0.317 e. The number of rotatable bonds is 10. The van der Waals surface area contributed by atoms with Crippen molar-refractivity contribution in [1.29, 1.82) is 0 Å². The van der Waals surface area contributed by atoms with Crippen LogP contribution in [0.2, 0.25) is 25.7 Å². The molecular weight excluding hydrogens is 404 g/mol. The third kappa shape index (κ3) is 8.58. The van der Waals surface area contributed by atoms with Crippen molar-refractivity contribution in [3.8, 4) is 0 Å². The summed E-state index contributed by atoms with van der Waals surface area (Å²) in [6, 6.07) is 0.860. The highest BCUT2D eigenvalue weighted by atomic mass is 28.3. The number of carbonyl (C=O) groups is 4. The Balaban J connectivity index is 3.10. The molecule has 1 aliphatic rings. The Labute approximate surface area is 180 Å². The molecule has 0 aromatic carbocycles. The largest absolute Gasteiger partial charge is 0.481 e. The van der Waals surface area contributed by atoms with E-state index in [4.69, 9.17) is 9.47 Å². The maximum Gasteiger partial charge on any atom is 0.317 e. The van der Waals surface area contributed by atoms with Crippen LogP contribution in [-0.2, 0) is 28.7 Å². The van der Waals surface area contributed by atoms with Crippen LogP contribution in [0.3, 0.4) is 0 Å². The molecule has 0 aromatic rings. The summed E-state index contributed by atoms with van der Waals surface area (Å²) < 4.78 is 10.4. The lowest BCUT2D eigenvalue weighted by molar-refractivity contribution is -0.162. The monoisotopic (exact) mass is 442 g/mol. The highest BCUT2D eigenvalue weighted by Gasteiger charge is 2.43. The second-order valence-corrected chi connectivity index (χ2v) is 16.5. The molecule has 1 N–H and O–H groups in total. The van der Waals surface area contributed by atoms with E-state index in [1.165, 1.54) is 0 Å².